The van der Waals surface area contributed by atoms with Crippen molar-refractivity contribution in [1.29, 1.82) is 0 Å². The number of hydrogen-bond donors (Lipinski definition) is 6. The van der Waals surface area contributed by atoms with Crippen LogP contribution in [-0.4, -0.2) is 57.7 Å². The average molecular weight is 438 g/mol. The average Bonchev–Trinajstić information content (AvgIpc) is 2.45. The molecule has 9 heteroatoms. The Hall–Kier alpha value is -1.27. The summed E-state index contributed by atoms with van der Waals surface area (Å²) in [5.74, 6) is -1.60. The quantitative estimate of drug-likeness (QED) is 0.264. The number of carbonyl (C=O) groups excluding carboxylic acids is 2. The van der Waals surface area contributed by atoms with E-state index >= 15 is 0 Å². The summed E-state index contributed by atoms with van der Waals surface area (Å²) in [5, 5.41) is 37.2. The van der Waals surface area contributed by atoms with Gasteiger partial charge in [0.2, 0.25) is 11.8 Å². The van der Waals surface area contributed by atoms with E-state index in [9.17, 15) is 19.8 Å². The molecule has 0 aliphatic rings. The van der Waals surface area contributed by atoms with Gasteiger partial charge in [0.15, 0.2) is 0 Å². The van der Waals surface area contributed by atoms with E-state index in [1.165, 1.54) is 6.07 Å². The highest BCUT2D eigenvalue weighted by Crippen LogP contribution is 2.27. The van der Waals surface area contributed by atoms with Crippen molar-refractivity contribution in [3.8, 4) is 0 Å². The van der Waals surface area contributed by atoms with Crippen LogP contribution in [0.2, 0.25) is 0 Å². The van der Waals surface area contributed by atoms with Crippen LogP contribution in [0.25, 0.3) is 0 Å². The Balaban J connectivity index is 3.55. The van der Waals surface area contributed by atoms with Gasteiger partial charge in [-0.15, -0.1) is 0 Å². The van der Waals surface area contributed by atoms with Crippen LogP contribution in [-0.2, 0) is 12.8 Å². The second kappa shape index (κ2) is 8.55. The largest absolute Gasteiger partial charge is 0.394 e. The first-order valence-corrected chi connectivity index (χ1v) is 7.82. The fraction of sp³-hybridized carbons (Fsp3) is 0.429. The van der Waals surface area contributed by atoms with Crippen molar-refractivity contribution in [2.45, 2.75) is 25.0 Å². The van der Waals surface area contributed by atoms with Crippen molar-refractivity contribution < 1.29 is 30.0 Å². The van der Waals surface area contributed by atoms with E-state index in [2.05, 4.69) is 0 Å². The number of rotatable bonds is 8. The minimum Gasteiger partial charge on any atom is -0.394 e. The van der Waals surface area contributed by atoms with Crippen LogP contribution in [0.4, 0.5) is 0 Å². The lowest BCUT2D eigenvalue weighted by Gasteiger charge is -2.19. The zero-order valence-corrected chi connectivity index (χ0v) is 14.4. The van der Waals surface area contributed by atoms with E-state index in [1.807, 2.05) is 0 Å². The highest BCUT2D eigenvalue weighted by atomic mass is 127. The van der Waals surface area contributed by atoms with Gasteiger partial charge >= 0.3 is 0 Å². The monoisotopic (exact) mass is 438 g/mol. The third-order valence-corrected chi connectivity index (χ3v) is 4.33. The molecule has 2 unspecified atom stereocenters. The Morgan fingerprint density at radius 1 is 0.957 bits per heavy atom. The van der Waals surface area contributed by atoms with Crippen LogP contribution < -0.4 is 11.5 Å². The van der Waals surface area contributed by atoms with Crippen LogP contribution in [0.15, 0.2) is 6.07 Å². The second-order valence-electron chi connectivity index (χ2n) is 5.07. The summed E-state index contributed by atoms with van der Waals surface area (Å²) in [7, 11) is 0. The van der Waals surface area contributed by atoms with E-state index in [-0.39, 0.29) is 27.5 Å². The summed E-state index contributed by atoms with van der Waals surface area (Å²) < 4.78 is 0.213. The van der Waals surface area contributed by atoms with E-state index in [1.54, 1.807) is 22.6 Å². The first-order valence-electron chi connectivity index (χ1n) is 6.74. The predicted octanol–water partition coefficient (Wildman–Crippen LogP) is -1.72. The molecule has 0 aliphatic carbocycles. The molecular weight excluding hydrogens is 419 g/mol. The SMILES string of the molecule is NC(=O)c1c(CC(O)CO)cc(CC(O)CO)c(C(N)=O)c1I. The zero-order valence-electron chi connectivity index (χ0n) is 12.2. The zero-order chi connectivity index (χ0) is 17.7. The summed E-state index contributed by atoms with van der Waals surface area (Å²) in [6, 6.07) is 1.43. The summed E-state index contributed by atoms with van der Waals surface area (Å²) in [6.07, 6.45) is -2.35. The molecule has 0 heterocycles. The molecule has 0 radical (unpaired) electrons. The van der Waals surface area contributed by atoms with Crippen LogP contribution in [0.1, 0.15) is 31.8 Å². The normalized spacial score (nSPS) is 13.6. The van der Waals surface area contributed by atoms with Crippen LogP contribution in [0, 0.1) is 3.57 Å². The number of nitrogens with two attached hydrogens (primary N) is 2. The number of halogens is 1. The topological polar surface area (TPSA) is 167 Å². The van der Waals surface area contributed by atoms with Crippen molar-refractivity contribution in [3.05, 3.63) is 31.9 Å². The molecule has 1 aromatic carbocycles. The smallest absolute Gasteiger partial charge is 0.250 e. The number of hydrogen-bond acceptors (Lipinski definition) is 6. The molecule has 2 amide bonds. The van der Waals surface area contributed by atoms with Crippen LogP contribution in [0.5, 0.6) is 0 Å². The highest BCUT2D eigenvalue weighted by Gasteiger charge is 2.24. The van der Waals surface area contributed by atoms with Gasteiger partial charge in [-0.2, -0.15) is 0 Å². The van der Waals surface area contributed by atoms with Gasteiger partial charge in [-0.25, -0.2) is 0 Å². The molecule has 128 valence electrons. The van der Waals surface area contributed by atoms with Crippen molar-refractivity contribution in [3.63, 3.8) is 0 Å². The number of primary amides is 2. The Morgan fingerprint density at radius 3 is 1.57 bits per heavy atom. The van der Waals surface area contributed by atoms with Crippen LogP contribution in [0.3, 0.4) is 0 Å². The second-order valence-corrected chi connectivity index (χ2v) is 6.15. The summed E-state index contributed by atoms with van der Waals surface area (Å²) in [4.78, 5) is 23.4. The van der Waals surface area contributed by atoms with Gasteiger partial charge in [-0.05, 0) is 33.7 Å². The molecule has 0 saturated heterocycles. The molecule has 0 bridgehead atoms. The number of benzene rings is 1. The fourth-order valence-electron chi connectivity index (χ4n) is 2.25. The molecule has 8 nitrogen and oxygen atoms in total. The van der Waals surface area contributed by atoms with Crippen molar-refractivity contribution in [1.82, 2.24) is 0 Å². The maximum Gasteiger partial charge on any atom is 0.250 e. The number of amides is 2. The van der Waals surface area contributed by atoms with E-state index in [0.29, 0.717) is 11.1 Å². The minimum absolute atomic E-state index is 0.0362. The Bertz CT molecular complexity index is 559. The molecule has 23 heavy (non-hydrogen) atoms. The Morgan fingerprint density at radius 2 is 1.30 bits per heavy atom. The summed E-state index contributed by atoms with van der Waals surface area (Å²) >= 11 is 1.75. The van der Waals surface area contributed by atoms with Gasteiger partial charge in [-0.3, -0.25) is 9.59 Å². The number of aliphatic hydroxyl groups excluding tert-OH is 4. The van der Waals surface area contributed by atoms with Crippen molar-refractivity contribution >= 4 is 34.4 Å². The molecule has 0 saturated carbocycles. The predicted molar refractivity (Wildman–Crippen MR) is 89.8 cm³/mol. The van der Waals surface area contributed by atoms with Gasteiger partial charge in [0.25, 0.3) is 0 Å². The van der Waals surface area contributed by atoms with Gasteiger partial charge in [0.05, 0.1) is 36.5 Å². The summed E-state index contributed by atoms with van der Waals surface area (Å²) in [5.41, 5.74) is 11.4. The molecule has 0 aliphatic heterocycles. The van der Waals surface area contributed by atoms with Crippen LogP contribution >= 0.6 is 22.6 Å². The summed E-state index contributed by atoms with van der Waals surface area (Å²) in [6.45, 7) is -1.03. The molecule has 0 aromatic heterocycles. The first kappa shape index (κ1) is 19.8. The van der Waals surface area contributed by atoms with E-state index in [4.69, 9.17) is 21.7 Å². The highest BCUT2D eigenvalue weighted by molar-refractivity contribution is 14.1. The number of aliphatic hydroxyl groups is 4. The minimum atomic E-state index is -1.11. The maximum absolute atomic E-state index is 11.7. The Labute approximate surface area is 146 Å². The molecule has 0 spiro atoms. The molecule has 0 fully saturated rings. The lowest BCUT2D eigenvalue weighted by Crippen LogP contribution is -2.27. The van der Waals surface area contributed by atoms with E-state index < -0.39 is 37.2 Å². The number of carbonyl (C=O) groups is 2. The Kier molecular flexibility index (Phi) is 7.35. The third kappa shape index (κ3) is 4.85. The van der Waals surface area contributed by atoms with Gasteiger partial charge in [0.1, 0.15) is 0 Å². The molecular formula is C14H19IN2O6. The van der Waals surface area contributed by atoms with Gasteiger partial charge in [-0.1, -0.05) is 6.07 Å². The molecule has 2 atom stereocenters. The third-order valence-electron chi connectivity index (χ3n) is 3.26. The van der Waals surface area contributed by atoms with Gasteiger partial charge < -0.3 is 31.9 Å². The van der Waals surface area contributed by atoms with Gasteiger partial charge in [0, 0.05) is 16.4 Å². The molecule has 1 rings (SSSR count). The standard InChI is InChI=1S/C14H19IN2O6/c15-12-10(13(16)22)6(2-8(20)4-18)1-7(3-9(21)5-19)11(12)14(17)23/h1,8-9,18-21H,2-5H2,(H2,16,22)(H2,17,23). The molecule has 8 N–H and O–H groups in total. The lowest BCUT2D eigenvalue weighted by molar-refractivity contribution is 0.0927. The maximum atomic E-state index is 11.7. The fourth-order valence-corrected chi connectivity index (χ4v) is 3.48. The first-order chi connectivity index (χ1) is 10.7. The lowest BCUT2D eigenvalue weighted by atomic mass is 9.91. The van der Waals surface area contributed by atoms with E-state index in [0.717, 1.165) is 0 Å². The molecule has 1 aromatic rings. The van der Waals surface area contributed by atoms with Crippen molar-refractivity contribution in [2.24, 2.45) is 11.5 Å². The van der Waals surface area contributed by atoms with Crippen molar-refractivity contribution in [2.75, 3.05) is 13.2 Å².